The Hall–Kier alpha value is -1.15. The molecule has 1 aromatic rings. The van der Waals surface area contributed by atoms with Crippen LogP contribution in [0.2, 0.25) is 0 Å². The first-order chi connectivity index (χ1) is 11.7. The van der Waals surface area contributed by atoms with Crippen LogP contribution in [0.3, 0.4) is 0 Å². The molecule has 0 aliphatic heterocycles. The van der Waals surface area contributed by atoms with Gasteiger partial charge >= 0.3 is 18.3 Å². The first-order valence-electron chi connectivity index (χ1n) is 7.60. The Morgan fingerprint density at radius 3 is 1.46 bits per heavy atom. The number of carboxylic acid groups (broad SMARTS) is 1. The van der Waals surface area contributed by atoms with Gasteiger partial charge in [0.2, 0.25) is 0 Å². The Labute approximate surface area is 156 Å². The standard InChI is InChI=1S/C8H4F6.C4H4Cl2O2.C4H8/c9-7(10,11)5-2-1-3-6(4-5)8(12,13)14;5-4(6)1-2(4)3(7)8;1-2-4-3-1/h1-4H;2H,1H2,(H,7,8);1-4H2. The Balaban J connectivity index is 0.000000233. The summed E-state index contributed by atoms with van der Waals surface area (Å²) >= 11 is 10.8. The Bertz CT molecular complexity index is 576. The van der Waals surface area contributed by atoms with E-state index in [0.717, 1.165) is 6.07 Å². The molecule has 0 spiro atoms. The third-order valence-corrected chi connectivity index (χ3v) is 4.48. The lowest BCUT2D eigenvalue weighted by atomic mass is 10.0. The minimum absolute atomic E-state index is 0.0833. The smallest absolute Gasteiger partial charge is 0.416 e. The van der Waals surface area contributed by atoms with Gasteiger partial charge in [0, 0.05) is 0 Å². The number of carbonyl (C=O) groups is 1. The van der Waals surface area contributed by atoms with Crippen molar-refractivity contribution in [1.29, 1.82) is 0 Å². The highest BCUT2D eigenvalue weighted by Crippen LogP contribution is 2.53. The zero-order valence-electron chi connectivity index (χ0n) is 13.3. The summed E-state index contributed by atoms with van der Waals surface area (Å²) in [5, 5.41) is 8.22. The lowest BCUT2D eigenvalue weighted by molar-refractivity contribution is -0.143. The van der Waals surface area contributed by atoms with Crippen molar-refractivity contribution in [2.75, 3.05) is 0 Å². The summed E-state index contributed by atoms with van der Waals surface area (Å²) in [6, 6.07) is 2.00. The van der Waals surface area contributed by atoms with Gasteiger partial charge in [0.15, 0.2) is 0 Å². The molecular weight excluding hydrogens is 409 g/mol. The van der Waals surface area contributed by atoms with Crippen LogP contribution in [0.1, 0.15) is 43.2 Å². The van der Waals surface area contributed by atoms with Gasteiger partial charge in [0.05, 0.1) is 17.0 Å². The van der Waals surface area contributed by atoms with Gasteiger partial charge in [-0.3, -0.25) is 4.79 Å². The SMILES string of the molecule is C1CCC1.FC(F)(F)c1cccc(C(F)(F)F)c1.O=C(O)C1CC1(Cl)Cl. The van der Waals surface area contributed by atoms with Gasteiger partial charge < -0.3 is 5.11 Å². The number of rotatable bonds is 1. The minimum atomic E-state index is -4.75. The highest BCUT2D eigenvalue weighted by molar-refractivity contribution is 6.52. The lowest BCUT2D eigenvalue weighted by Crippen LogP contribution is -2.09. The van der Waals surface area contributed by atoms with Crippen LogP contribution in [0, 0.1) is 5.92 Å². The summed E-state index contributed by atoms with van der Waals surface area (Å²) in [6.45, 7) is 0. The number of hydrogen-bond acceptors (Lipinski definition) is 1. The van der Waals surface area contributed by atoms with Crippen LogP contribution in [-0.4, -0.2) is 15.4 Å². The molecule has 0 amide bonds. The van der Waals surface area contributed by atoms with Crippen LogP contribution in [0.25, 0.3) is 0 Å². The minimum Gasteiger partial charge on any atom is -0.481 e. The molecule has 148 valence electrons. The monoisotopic (exact) mass is 424 g/mol. The highest BCUT2D eigenvalue weighted by Gasteiger charge is 2.56. The molecule has 2 saturated carbocycles. The molecule has 2 aliphatic carbocycles. The van der Waals surface area contributed by atoms with Crippen molar-refractivity contribution in [3.63, 3.8) is 0 Å². The van der Waals surface area contributed by atoms with Gasteiger partial charge in [-0.1, -0.05) is 31.7 Å². The van der Waals surface area contributed by atoms with E-state index in [9.17, 15) is 31.1 Å². The quantitative estimate of drug-likeness (QED) is 0.409. The van der Waals surface area contributed by atoms with E-state index in [2.05, 4.69) is 0 Å². The molecule has 0 heterocycles. The van der Waals surface area contributed by atoms with Crippen LogP contribution in [-0.2, 0) is 17.1 Å². The summed E-state index contributed by atoms with van der Waals surface area (Å²) < 4.78 is 71.0. The van der Waals surface area contributed by atoms with Crippen molar-refractivity contribution in [2.45, 2.75) is 48.8 Å². The summed E-state index contributed by atoms with van der Waals surface area (Å²) in [7, 11) is 0. The molecule has 3 rings (SSSR count). The zero-order chi connectivity index (χ0) is 20.2. The number of benzene rings is 1. The largest absolute Gasteiger partial charge is 0.481 e. The van der Waals surface area contributed by atoms with Gasteiger partial charge in [0.1, 0.15) is 4.33 Å². The fraction of sp³-hybridized carbons (Fsp3) is 0.562. The average Bonchev–Trinajstić information content (AvgIpc) is 3.05. The summed E-state index contributed by atoms with van der Waals surface area (Å²) in [6.07, 6.45) is -3.12. The molecule has 2 nitrogen and oxygen atoms in total. The second-order valence-electron chi connectivity index (χ2n) is 5.85. The predicted molar refractivity (Wildman–Crippen MR) is 85.1 cm³/mol. The summed E-state index contributed by atoms with van der Waals surface area (Å²) in [4.78, 5) is 10.0. The maximum absolute atomic E-state index is 12.0. The van der Waals surface area contributed by atoms with Gasteiger partial charge in [-0.25, -0.2) is 0 Å². The van der Waals surface area contributed by atoms with Gasteiger partial charge in [-0.15, -0.1) is 23.2 Å². The van der Waals surface area contributed by atoms with Crippen LogP contribution < -0.4 is 0 Å². The lowest BCUT2D eigenvalue weighted by Gasteiger charge is -2.10. The van der Waals surface area contributed by atoms with Crippen molar-refractivity contribution >= 4 is 29.2 Å². The fourth-order valence-corrected chi connectivity index (χ4v) is 2.10. The fourth-order valence-electron chi connectivity index (χ4n) is 1.60. The average molecular weight is 425 g/mol. The molecule has 0 bridgehead atoms. The third-order valence-electron chi connectivity index (χ3n) is 3.64. The number of carboxylic acids is 1. The second-order valence-corrected chi connectivity index (χ2v) is 7.39. The number of alkyl halides is 8. The number of hydrogen-bond donors (Lipinski definition) is 1. The molecule has 26 heavy (non-hydrogen) atoms. The van der Waals surface area contributed by atoms with Crippen molar-refractivity contribution in [2.24, 2.45) is 5.92 Å². The first-order valence-corrected chi connectivity index (χ1v) is 8.36. The van der Waals surface area contributed by atoms with Crippen molar-refractivity contribution in [3.05, 3.63) is 35.4 Å². The van der Waals surface area contributed by atoms with Gasteiger partial charge in [0.25, 0.3) is 0 Å². The van der Waals surface area contributed by atoms with Crippen molar-refractivity contribution in [3.8, 4) is 0 Å². The number of halogens is 8. The molecule has 0 aromatic heterocycles. The molecular formula is C16H16Cl2F6O2. The molecule has 1 aromatic carbocycles. The van der Waals surface area contributed by atoms with Gasteiger partial charge in [-0.2, -0.15) is 26.3 Å². The molecule has 1 atom stereocenters. The first kappa shape index (κ1) is 22.9. The van der Waals surface area contributed by atoms with Crippen LogP contribution in [0.4, 0.5) is 26.3 Å². The highest BCUT2D eigenvalue weighted by atomic mass is 35.5. The Morgan fingerprint density at radius 1 is 0.962 bits per heavy atom. The molecule has 2 aliphatic rings. The maximum atomic E-state index is 12.0. The van der Waals surface area contributed by atoms with E-state index in [0.29, 0.717) is 18.6 Å². The van der Waals surface area contributed by atoms with E-state index in [1.54, 1.807) is 0 Å². The predicted octanol–water partition coefficient (Wildman–Crippen LogP) is 6.55. The summed E-state index contributed by atoms with van der Waals surface area (Å²) in [5.74, 6) is -1.44. The normalized spacial score (nSPS) is 20.5. The van der Waals surface area contributed by atoms with E-state index in [1.165, 1.54) is 25.7 Å². The molecule has 1 N–H and O–H groups in total. The van der Waals surface area contributed by atoms with Crippen molar-refractivity contribution in [1.82, 2.24) is 0 Å². The molecule has 0 saturated heterocycles. The van der Waals surface area contributed by atoms with E-state index in [1.807, 2.05) is 0 Å². The van der Waals surface area contributed by atoms with Crippen molar-refractivity contribution < 1.29 is 36.2 Å². The molecule has 0 radical (unpaired) electrons. The van der Waals surface area contributed by atoms with Crippen LogP contribution in [0.15, 0.2) is 24.3 Å². The van der Waals surface area contributed by atoms with Crippen LogP contribution >= 0.6 is 23.2 Å². The van der Waals surface area contributed by atoms with E-state index >= 15 is 0 Å². The zero-order valence-corrected chi connectivity index (χ0v) is 14.8. The molecule has 10 heteroatoms. The Kier molecular flexibility index (Phi) is 7.65. The Morgan fingerprint density at radius 2 is 1.31 bits per heavy atom. The van der Waals surface area contributed by atoms with E-state index in [-0.39, 0.29) is 6.07 Å². The maximum Gasteiger partial charge on any atom is 0.416 e. The number of aliphatic carboxylic acids is 1. The summed E-state index contributed by atoms with van der Waals surface area (Å²) in [5.41, 5.74) is -2.60. The third kappa shape index (κ3) is 7.61. The molecule has 2 fully saturated rings. The topological polar surface area (TPSA) is 37.3 Å². The second kappa shape index (κ2) is 8.69. The van der Waals surface area contributed by atoms with E-state index < -0.39 is 39.7 Å². The van der Waals surface area contributed by atoms with E-state index in [4.69, 9.17) is 28.3 Å². The molecule has 1 unspecified atom stereocenters. The van der Waals surface area contributed by atoms with Gasteiger partial charge in [-0.05, 0) is 24.6 Å². The van der Waals surface area contributed by atoms with Crippen LogP contribution in [0.5, 0.6) is 0 Å².